The maximum Gasteiger partial charge on any atom is 0.217 e. The zero-order chi connectivity index (χ0) is 17.9. The predicted octanol–water partition coefficient (Wildman–Crippen LogP) is -4.04. The van der Waals surface area contributed by atoms with Crippen LogP contribution in [0.25, 0.3) is 0 Å². The van der Waals surface area contributed by atoms with Crippen molar-refractivity contribution in [2.24, 2.45) is 0 Å². The van der Waals surface area contributed by atoms with Gasteiger partial charge in [0.25, 0.3) is 0 Å². The first-order valence-electron chi connectivity index (χ1n) is 7.00. The number of hydrogen-bond donors (Lipinski definition) is 5. The molecule has 2 amide bonds. The Kier molecular flexibility index (Phi) is 6.05. The van der Waals surface area contributed by atoms with E-state index in [-0.39, 0.29) is 0 Å². The summed E-state index contributed by atoms with van der Waals surface area (Å²) in [5.41, 5.74) is 0. The third-order valence-electron chi connectivity index (χ3n) is 3.52. The minimum atomic E-state index is -2.81. The van der Waals surface area contributed by atoms with Crippen LogP contribution in [-0.4, -0.2) is 69.3 Å². The van der Waals surface area contributed by atoms with E-state index in [2.05, 4.69) is 10.6 Å². The molecular weight excluding hydrogens is 312 g/mol. The average Bonchev–Trinajstić information content (AvgIpc) is 2.38. The fourth-order valence-electron chi connectivity index (χ4n) is 2.53. The minimum absolute atomic E-state index is 0.547. The number of aliphatic carboxylic acids is 1. The van der Waals surface area contributed by atoms with Gasteiger partial charge in [0.15, 0.2) is 0 Å². The molecular formula is C13H21N2O8-. The molecule has 0 aliphatic carbocycles. The molecule has 1 rings (SSSR count). The molecule has 1 heterocycles. The summed E-state index contributed by atoms with van der Waals surface area (Å²) in [4.78, 5) is 33.7. The second kappa shape index (κ2) is 7.21. The number of aliphatic hydroxyl groups excluding tert-OH is 2. The third-order valence-corrected chi connectivity index (χ3v) is 3.52. The molecule has 1 fully saturated rings. The van der Waals surface area contributed by atoms with Crippen molar-refractivity contribution in [3.05, 3.63) is 0 Å². The number of amides is 2. The lowest BCUT2D eigenvalue weighted by Gasteiger charge is -2.47. The molecule has 10 heteroatoms. The topological polar surface area (TPSA) is 168 Å². The number of carboxylic acid groups (broad SMARTS) is 1. The van der Waals surface area contributed by atoms with Crippen molar-refractivity contribution in [2.45, 2.75) is 63.4 Å². The van der Waals surface area contributed by atoms with Gasteiger partial charge in [-0.05, 0) is 6.92 Å². The molecule has 0 radical (unpaired) electrons. The summed E-state index contributed by atoms with van der Waals surface area (Å²) in [6.45, 7) is 3.62. The summed E-state index contributed by atoms with van der Waals surface area (Å²) in [6, 6.07) is -2.34. The molecule has 0 aromatic heterocycles. The van der Waals surface area contributed by atoms with Gasteiger partial charge in [-0.1, -0.05) is 0 Å². The van der Waals surface area contributed by atoms with Crippen LogP contribution in [0.1, 0.15) is 27.2 Å². The summed E-state index contributed by atoms with van der Waals surface area (Å²) < 4.78 is 5.09. The van der Waals surface area contributed by atoms with E-state index in [4.69, 9.17) is 4.74 Å². The molecule has 6 atom stereocenters. The Hall–Kier alpha value is -1.75. The Morgan fingerprint density at radius 1 is 1.30 bits per heavy atom. The second-order valence-electron chi connectivity index (χ2n) is 5.62. The van der Waals surface area contributed by atoms with Gasteiger partial charge < -0.3 is 40.6 Å². The van der Waals surface area contributed by atoms with Crippen molar-refractivity contribution in [1.82, 2.24) is 10.6 Å². The molecule has 10 nitrogen and oxygen atoms in total. The van der Waals surface area contributed by atoms with Crippen molar-refractivity contribution in [1.29, 1.82) is 0 Å². The van der Waals surface area contributed by atoms with Crippen LogP contribution in [0.2, 0.25) is 0 Å². The molecule has 0 unspecified atom stereocenters. The van der Waals surface area contributed by atoms with Crippen molar-refractivity contribution < 1.29 is 39.5 Å². The van der Waals surface area contributed by atoms with E-state index >= 15 is 0 Å². The number of carbonyl (C=O) groups excluding carboxylic acids is 3. The summed E-state index contributed by atoms with van der Waals surface area (Å²) >= 11 is 0. The molecule has 132 valence electrons. The first-order chi connectivity index (χ1) is 10.5. The van der Waals surface area contributed by atoms with Gasteiger partial charge in [-0.15, -0.1) is 0 Å². The number of rotatable bonds is 5. The maximum absolute atomic E-state index is 11.3. The quantitative estimate of drug-likeness (QED) is 0.339. The minimum Gasteiger partial charge on any atom is -0.544 e. The van der Waals surface area contributed by atoms with Crippen LogP contribution in [0, 0.1) is 0 Å². The molecule has 23 heavy (non-hydrogen) atoms. The summed E-state index contributed by atoms with van der Waals surface area (Å²) in [6.07, 6.45) is -4.88. The fraction of sp³-hybridized carbons (Fsp3) is 0.769. The van der Waals surface area contributed by atoms with E-state index in [0.29, 0.717) is 0 Å². The summed E-state index contributed by atoms with van der Waals surface area (Å²) in [5.74, 6) is -5.90. The molecule has 0 aromatic carbocycles. The number of nitrogens with one attached hydrogen (secondary N) is 2. The summed E-state index contributed by atoms with van der Waals surface area (Å²) in [5, 5.41) is 45.7. The molecule has 5 N–H and O–H groups in total. The van der Waals surface area contributed by atoms with E-state index in [1.54, 1.807) is 0 Å². The second-order valence-corrected chi connectivity index (χ2v) is 5.62. The first kappa shape index (κ1) is 19.3. The zero-order valence-corrected chi connectivity index (χ0v) is 13.0. The van der Waals surface area contributed by atoms with Crippen LogP contribution in [0.4, 0.5) is 0 Å². The van der Waals surface area contributed by atoms with Gasteiger partial charge in [0, 0.05) is 20.3 Å². The van der Waals surface area contributed by atoms with Crippen LogP contribution >= 0.6 is 0 Å². The van der Waals surface area contributed by atoms with E-state index < -0.39 is 60.4 Å². The highest BCUT2D eigenvalue weighted by molar-refractivity contribution is 5.75. The van der Waals surface area contributed by atoms with Gasteiger partial charge in [0.2, 0.25) is 17.6 Å². The Morgan fingerprint density at radius 2 is 1.87 bits per heavy atom. The number of carbonyl (C=O) groups is 3. The van der Waals surface area contributed by atoms with Crippen molar-refractivity contribution >= 4 is 17.8 Å². The molecule has 1 aliphatic heterocycles. The van der Waals surface area contributed by atoms with E-state index in [1.807, 2.05) is 0 Å². The maximum atomic E-state index is 11.3. The van der Waals surface area contributed by atoms with Crippen LogP contribution in [0.15, 0.2) is 0 Å². The van der Waals surface area contributed by atoms with Crippen molar-refractivity contribution in [3.63, 3.8) is 0 Å². The number of aliphatic hydroxyl groups is 3. The predicted molar refractivity (Wildman–Crippen MR) is 72.3 cm³/mol. The number of hydrogen-bond acceptors (Lipinski definition) is 8. The van der Waals surface area contributed by atoms with Crippen LogP contribution in [0.5, 0.6) is 0 Å². The number of carboxylic acids is 1. The molecule has 1 aliphatic rings. The fourth-order valence-corrected chi connectivity index (χ4v) is 2.53. The van der Waals surface area contributed by atoms with Crippen LogP contribution < -0.4 is 15.7 Å². The Morgan fingerprint density at radius 3 is 2.26 bits per heavy atom. The normalized spacial score (nSPS) is 33.4. The van der Waals surface area contributed by atoms with Gasteiger partial charge in [-0.3, -0.25) is 9.59 Å². The number of ether oxygens (including phenoxy) is 1. The van der Waals surface area contributed by atoms with E-state index in [9.17, 15) is 34.8 Å². The van der Waals surface area contributed by atoms with Gasteiger partial charge in [-0.2, -0.15) is 0 Å². The average molecular weight is 333 g/mol. The van der Waals surface area contributed by atoms with Crippen molar-refractivity contribution in [3.8, 4) is 0 Å². The van der Waals surface area contributed by atoms with E-state index in [0.717, 1.165) is 6.92 Å². The standard InChI is InChI=1S/C13H22N2O8/c1-5(16)9(14-6(2)17)11-10(15-7(3)18)8(19)4-13(22,23-11)12(20)21/h5,8-11,16,19,22H,4H2,1-3H3,(H,14,17)(H,15,18)(H,20,21)/p-1/t5-,8-,9-,10-,11-,13+/m0/s1. The Bertz CT molecular complexity index is 465. The molecule has 0 spiro atoms. The monoisotopic (exact) mass is 333 g/mol. The lowest BCUT2D eigenvalue weighted by atomic mass is 9.87. The van der Waals surface area contributed by atoms with E-state index in [1.165, 1.54) is 13.8 Å². The highest BCUT2D eigenvalue weighted by atomic mass is 16.7. The Balaban J connectivity index is 3.21. The van der Waals surface area contributed by atoms with Crippen molar-refractivity contribution in [2.75, 3.05) is 0 Å². The lowest BCUT2D eigenvalue weighted by molar-refractivity contribution is -0.370. The Labute approximate surface area is 132 Å². The van der Waals surface area contributed by atoms with Gasteiger partial charge >= 0.3 is 0 Å². The highest BCUT2D eigenvalue weighted by Gasteiger charge is 2.50. The lowest BCUT2D eigenvalue weighted by Crippen LogP contribution is -2.70. The molecule has 0 aromatic rings. The SMILES string of the molecule is CC(=O)N[C@H]([C@@H]1O[C@@](O)(C(=O)[O-])C[C@H](O)[C@@H]1NC(C)=O)[C@H](C)O. The highest BCUT2D eigenvalue weighted by Crippen LogP contribution is 2.30. The van der Waals surface area contributed by atoms with Crippen LogP contribution in [-0.2, 0) is 19.1 Å². The van der Waals surface area contributed by atoms with Gasteiger partial charge in [0.05, 0.1) is 24.3 Å². The first-order valence-corrected chi connectivity index (χ1v) is 7.00. The zero-order valence-electron chi connectivity index (χ0n) is 13.0. The van der Waals surface area contributed by atoms with Crippen LogP contribution in [0.3, 0.4) is 0 Å². The summed E-state index contributed by atoms with van der Waals surface area (Å²) in [7, 11) is 0. The largest absolute Gasteiger partial charge is 0.544 e. The smallest absolute Gasteiger partial charge is 0.217 e. The van der Waals surface area contributed by atoms with Gasteiger partial charge in [-0.25, -0.2) is 0 Å². The van der Waals surface area contributed by atoms with Gasteiger partial charge in [0.1, 0.15) is 12.1 Å². The molecule has 1 saturated heterocycles. The third kappa shape index (κ3) is 4.61. The molecule has 0 saturated carbocycles. The molecule has 0 bridgehead atoms.